The lowest BCUT2D eigenvalue weighted by Gasteiger charge is -2.15. The van der Waals surface area contributed by atoms with Crippen molar-refractivity contribution in [1.82, 2.24) is 0 Å². The number of hydrogen-bond donors (Lipinski definition) is 0. The Kier molecular flexibility index (Phi) is 3.69. The summed E-state index contributed by atoms with van der Waals surface area (Å²) in [4.78, 5) is 13.2. The van der Waals surface area contributed by atoms with Crippen LogP contribution in [0.3, 0.4) is 0 Å². The highest BCUT2D eigenvalue weighted by molar-refractivity contribution is 7.98. The van der Waals surface area contributed by atoms with Crippen molar-refractivity contribution in [3.05, 3.63) is 65.2 Å². The Morgan fingerprint density at radius 3 is 2.68 bits per heavy atom. The van der Waals surface area contributed by atoms with E-state index in [4.69, 9.17) is 0 Å². The van der Waals surface area contributed by atoms with Crippen LogP contribution < -0.4 is 0 Å². The maximum atomic E-state index is 11.9. The van der Waals surface area contributed by atoms with Crippen LogP contribution in [0.25, 0.3) is 0 Å². The van der Waals surface area contributed by atoms with Crippen molar-refractivity contribution in [3.8, 4) is 0 Å². The highest BCUT2D eigenvalue weighted by Gasteiger charge is 2.16. The largest absolute Gasteiger partial charge is 0.294 e. The van der Waals surface area contributed by atoms with E-state index in [2.05, 4.69) is 42.5 Å². The zero-order valence-corrected chi connectivity index (χ0v) is 11.6. The second-order valence-electron chi connectivity index (χ2n) is 4.87. The Balaban J connectivity index is 1.75. The molecule has 0 bridgehead atoms. The van der Waals surface area contributed by atoms with Crippen molar-refractivity contribution in [3.63, 3.8) is 0 Å². The number of ketones is 1. The average Bonchev–Trinajstić information content (AvgIpc) is 2.47. The molecule has 0 radical (unpaired) electrons. The van der Waals surface area contributed by atoms with Crippen LogP contribution >= 0.6 is 11.8 Å². The van der Waals surface area contributed by atoms with Crippen LogP contribution in [0.1, 0.15) is 34.3 Å². The Labute approximate surface area is 118 Å². The molecule has 0 fully saturated rings. The quantitative estimate of drug-likeness (QED) is 0.762. The molecular formula is C17H16OS. The normalized spacial score (nSPS) is 14.2. The van der Waals surface area contributed by atoms with Gasteiger partial charge in [0.1, 0.15) is 0 Å². The first-order chi connectivity index (χ1) is 9.33. The predicted molar refractivity (Wildman–Crippen MR) is 79.7 cm³/mol. The molecule has 0 aromatic heterocycles. The molecule has 1 aliphatic carbocycles. The van der Waals surface area contributed by atoms with E-state index in [1.54, 1.807) is 0 Å². The van der Waals surface area contributed by atoms with Gasteiger partial charge in [0.15, 0.2) is 5.78 Å². The van der Waals surface area contributed by atoms with Crippen molar-refractivity contribution in [2.24, 2.45) is 0 Å². The van der Waals surface area contributed by atoms with E-state index >= 15 is 0 Å². The van der Waals surface area contributed by atoms with E-state index in [0.717, 1.165) is 24.2 Å². The molecule has 1 nitrogen and oxygen atoms in total. The first-order valence-electron chi connectivity index (χ1n) is 6.66. The molecule has 96 valence electrons. The van der Waals surface area contributed by atoms with Gasteiger partial charge in [-0.2, -0.15) is 0 Å². The van der Waals surface area contributed by atoms with Gasteiger partial charge in [0.25, 0.3) is 0 Å². The molecule has 0 saturated carbocycles. The molecule has 1 aliphatic rings. The fourth-order valence-corrected chi connectivity index (χ4v) is 3.31. The molecule has 0 atom stereocenters. The van der Waals surface area contributed by atoms with Gasteiger partial charge in [0.2, 0.25) is 0 Å². The average molecular weight is 268 g/mol. The summed E-state index contributed by atoms with van der Waals surface area (Å²) < 4.78 is 0. The van der Waals surface area contributed by atoms with E-state index in [1.165, 1.54) is 16.0 Å². The summed E-state index contributed by atoms with van der Waals surface area (Å²) in [7, 11) is 0. The first-order valence-corrected chi connectivity index (χ1v) is 7.64. The minimum atomic E-state index is 0.313. The maximum Gasteiger partial charge on any atom is 0.163 e. The lowest BCUT2D eigenvalue weighted by atomic mass is 9.90. The molecule has 19 heavy (non-hydrogen) atoms. The predicted octanol–water partition coefficient (Wildman–Crippen LogP) is 4.50. The number of hydrogen-bond acceptors (Lipinski definition) is 2. The summed E-state index contributed by atoms with van der Waals surface area (Å²) in [5.74, 6) is 1.23. The minimum Gasteiger partial charge on any atom is -0.294 e. The van der Waals surface area contributed by atoms with E-state index in [9.17, 15) is 4.79 Å². The lowest BCUT2D eigenvalue weighted by Crippen LogP contribution is -2.10. The summed E-state index contributed by atoms with van der Waals surface area (Å²) in [6.45, 7) is 0. The Morgan fingerprint density at radius 2 is 1.84 bits per heavy atom. The van der Waals surface area contributed by atoms with Gasteiger partial charge in [-0.25, -0.2) is 0 Å². The van der Waals surface area contributed by atoms with Gasteiger partial charge in [-0.15, -0.1) is 11.8 Å². The van der Waals surface area contributed by atoms with Gasteiger partial charge in [-0.3, -0.25) is 4.79 Å². The molecule has 2 aromatic rings. The van der Waals surface area contributed by atoms with Crippen LogP contribution in [-0.4, -0.2) is 5.78 Å². The summed E-state index contributed by atoms with van der Waals surface area (Å²) in [6.07, 6.45) is 2.76. The van der Waals surface area contributed by atoms with E-state index in [1.807, 2.05) is 17.8 Å². The van der Waals surface area contributed by atoms with Gasteiger partial charge < -0.3 is 0 Å². The lowest BCUT2D eigenvalue weighted by molar-refractivity contribution is 0.0972. The third-order valence-electron chi connectivity index (χ3n) is 3.47. The van der Waals surface area contributed by atoms with Crippen LogP contribution in [-0.2, 0) is 12.2 Å². The molecule has 0 spiro atoms. The molecule has 0 N–H and O–H groups in total. The number of fused-ring (bicyclic) bond motifs is 1. The van der Waals surface area contributed by atoms with Crippen molar-refractivity contribution in [1.29, 1.82) is 0 Å². The second-order valence-corrected chi connectivity index (χ2v) is 5.92. The number of rotatable bonds is 3. The number of thioether (sulfide) groups is 1. The van der Waals surface area contributed by atoms with Gasteiger partial charge >= 0.3 is 0 Å². The van der Waals surface area contributed by atoms with E-state index in [0.29, 0.717) is 12.2 Å². The number of Topliss-reactive ketones (excluding diaryl/α,β-unsaturated/α-hetero) is 1. The molecule has 2 heteroatoms. The van der Waals surface area contributed by atoms with Crippen LogP contribution in [0.2, 0.25) is 0 Å². The standard InChI is InChI=1S/C17H16OS/c18-17-8-4-5-14-10-9-13(11-16(14)17)12-19-15-6-2-1-3-7-15/h1-3,6-7,9-11H,4-5,8,12H2. The number of carbonyl (C=O) groups excluding carboxylic acids is 1. The molecule has 0 aliphatic heterocycles. The zero-order chi connectivity index (χ0) is 13.1. The van der Waals surface area contributed by atoms with E-state index in [-0.39, 0.29) is 0 Å². The van der Waals surface area contributed by atoms with Crippen molar-refractivity contribution in [2.45, 2.75) is 29.9 Å². The van der Waals surface area contributed by atoms with Crippen LogP contribution in [0.4, 0.5) is 0 Å². The summed E-state index contributed by atoms with van der Waals surface area (Å²) in [5, 5.41) is 0. The fraction of sp³-hybridized carbons (Fsp3) is 0.235. The SMILES string of the molecule is O=C1CCCc2ccc(CSc3ccccc3)cc21. The Morgan fingerprint density at radius 1 is 1.00 bits per heavy atom. The number of carbonyl (C=O) groups is 1. The van der Waals surface area contributed by atoms with Crippen molar-refractivity contribution in [2.75, 3.05) is 0 Å². The summed E-state index contributed by atoms with van der Waals surface area (Å²) in [6, 6.07) is 16.8. The van der Waals surface area contributed by atoms with Gasteiger partial charge in [0, 0.05) is 22.6 Å². The molecule has 0 amide bonds. The molecule has 0 heterocycles. The minimum absolute atomic E-state index is 0.313. The van der Waals surface area contributed by atoms with Crippen molar-refractivity contribution >= 4 is 17.5 Å². The first kappa shape index (κ1) is 12.5. The molecule has 2 aromatic carbocycles. The third-order valence-corrected chi connectivity index (χ3v) is 4.56. The molecular weight excluding hydrogens is 252 g/mol. The maximum absolute atomic E-state index is 11.9. The fourth-order valence-electron chi connectivity index (χ4n) is 2.45. The monoisotopic (exact) mass is 268 g/mol. The van der Waals surface area contributed by atoms with E-state index < -0.39 is 0 Å². The third kappa shape index (κ3) is 2.90. The smallest absolute Gasteiger partial charge is 0.163 e. The van der Waals surface area contributed by atoms with Crippen LogP contribution in [0, 0.1) is 0 Å². The molecule has 3 rings (SSSR count). The second kappa shape index (κ2) is 5.62. The van der Waals surface area contributed by atoms with Gasteiger partial charge in [-0.05, 0) is 42.2 Å². The van der Waals surface area contributed by atoms with Gasteiger partial charge in [0.05, 0.1) is 0 Å². The van der Waals surface area contributed by atoms with Crippen molar-refractivity contribution < 1.29 is 4.79 Å². The summed E-state index contributed by atoms with van der Waals surface area (Å²) in [5.41, 5.74) is 3.42. The Bertz CT molecular complexity index is 589. The van der Waals surface area contributed by atoms with Crippen LogP contribution in [0.5, 0.6) is 0 Å². The summed E-state index contributed by atoms with van der Waals surface area (Å²) >= 11 is 1.81. The highest BCUT2D eigenvalue weighted by atomic mass is 32.2. The molecule has 0 unspecified atom stereocenters. The number of aryl methyl sites for hydroxylation is 1. The number of benzene rings is 2. The van der Waals surface area contributed by atoms with Gasteiger partial charge in [-0.1, -0.05) is 30.3 Å². The highest BCUT2D eigenvalue weighted by Crippen LogP contribution is 2.26. The Hall–Kier alpha value is -1.54. The molecule has 0 saturated heterocycles. The topological polar surface area (TPSA) is 17.1 Å². The van der Waals surface area contributed by atoms with Crippen LogP contribution in [0.15, 0.2) is 53.4 Å². The zero-order valence-electron chi connectivity index (χ0n) is 10.8.